The van der Waals surface area contributed by atoms with E-state index in [0.29, 0.717) is 30.2 Å². The number of ether oxygens (including phenoxy) is 1. The van der Waals surface area contributed by atoms with Crippen LogP contribution in [0.4, 0.5) is 5.69 Å². The molecule has 0 fully saturated rings. The molecule has 0 saturated heterocycles. The second-order valence-corrected chi connectivity index (χ2v) is 4.79. The van der Waals surface area contributed by atoms with Crippen LogP contribution in [0.1, 0.15) is 37.6 Å². The number of amides is 1. The molecular weight excluding hydrogens is 266 g/mol. The van der Waals surface area contributed by atoms with E-state index in [1.165, 1.54) is 0 Å². The molecule has 5 heteroatoms. The predicted molar refractivity (Wildman–Crippen MR) is 86.8 cm³/mol. The van der Waals surface area contributed by atoms with Gasteiger partial charge in [-0.2, -0.15) is 0 Å². The van der Waals surface area contributed by atoms with Crippen LogP contribution in [0.2, 0.25) is 0 Å². The maximum Gasteiger partial charge on any atom is 0.255 e. The molecule has 0 aliphatic rings. The number of carbonyl (C=O) groups is 1. The van der Waals surface area contributed by atoms with Gasteiger partial charge >= 0.3 is 0 Å². The highest BCUT2D eigenvalue weighted by Gasteiger charge is 2.14. The molecule has 0 heterocycles. The Labute approximate surface area is 127 Å². The van der Waals surface area contributed by atoms with Gasteiger partial charge in [-0.05, 0) is 45.1 Å². The number of nitrogens with two attached hydrogens (primary N) is 1. The van der Waals surface area contributed by atoms with Crippen molar-refractivity contribution in [3.8, 4) is 5.75 Å². The minimum absolute atomic E-state index is 0.134. The minimum atomic E-state index is -0.134. The van der Waals surface area contributed by atoms with Crippen LogP contribution >= 0.6 is 0 Å². The van der Waals surface area contributed by atoms with Crippen molar-refractivity contribution < 1.29 is 9.53 Å². The van der Waals surface area contributed by atoms with Gasteiger partial charge in [0.2, 0.25) is 0 Å². The molecule has 0 atom stereocenters. The standard InChI is InChI=1S/C16H27N3O2/c1-4-19(5-2)12-8-11-18-16(20)13-9-7-10-14(17)15(13)21-6-3/h7,9-10H,4-6,8,11-12,17H2,1-3H3,(H,18,20). The summed E-state index contributed by atoms with van der Waals surface area (Å²) in [6.45, 7) is 10.3. The van der Waals surface area contributed by atoms with Gasteiger partial charge < -0.3 is 20.7 Å². The van der Waals surface area contributed by atoms with Crippen molar-refractivity contribution in [2.75, 3.05) is 38.5 Å². The highest BCUT2D eigenvalue weighted by Crippen LogP contribution is 2.26. The number of nitrogens with one attached hydrogen (secondary N) is 1. The van der Waals surface area contributed by atoms with Crippen molar-refractivity contribution >= 4 is 11.6 Å². The van der Waals surface area contributed by atoms with Crippen LogP contribution in [-0.2, 0) is 0 Å². The highest BCUT2D eigenvalue weighted by atomic mass is 16.5. The number of carbonyl (C=O) groups excluding carboxylic acids is 1. The van der Waals surface area contributed by atoms with Crippen LogP contribution in [0, 0.1) is 0 Å². The summed E-state index contributed by atoms with van der Waals surface area (Å²) < 4.78 is 5.47. The zero-order chi connectivity index (χ0) is 15.7. The number of rotatable bonds is 9. The van der Waals surface area contributed by atoms with E-state index in [9.17, 15) is 4.79 Å². The molecule has 1 aromatic carbocycles. The van der Waals surface area contributed by atoms with Gasteiger partial charge in [-0.1, -0.05) is 19.9 Å². The molecule has 5 nitrogen and oxygen atoms in total. The number of hydrogen-bond donors (Lipinski definition) is 2. The zero-order valence-electron chi connectivity index (χ0n) is 13.3. The molecule has 118 valence electrons. The summed E-state index contributed by atoms with van der Waals surface area (Å²) >= 11 is 0. The van der Waals surface area contributed by atoms with E-state index >= 15 is 0 Å². The molecular formula is C16H27N3O2. The van der Waals surface area contributed by atoms with Crippen LogP contribution in [-0.4, -0.2) is 43.6 Å². The quantitative estimate of drug-likeness (QED) is 0.540. The number of anilines is 1. The fourth-order valence-corrected chi connectivity index (χ4v) is 2.18. The minimum Gasteiger partial charge on any atom is -0.491 e. The third-order valence-corrected chi connectivity index (χ3v) is 3.41. The Morgan fingerprint density at radius 3 is 2.62 bits per heavy atom. The average molecular weight is 293 g/mol. The molecule has 0 unspecified atom stereocenters. The van der Waals surface area contributed by atoms with Crippen molar-refractivity contribution in [1.82, 2.24) is 10.2 Å². The smallest absolute Gasteiger partial charge is 0.255 e. The van der Waals surface area contributed by atoms with Gasteiger partial charge in [0.25, 0.3) is 5.91 Å². The van der Waals surface area contributed by atoms with Gasteiger partial charge in [-0.3, -0.25) is 4.79 Å². The van der Waals surface area contributed by atoms with Gasteiger partial charge in [0.15, 0.2) is 5.75 Å². The Bertz CT molecular complexity index is 445. The first-order valence-electron chi connectivity index (χ1n) is 7.65. The third kappa shape index (κ3) is 5.27. The van der Waals surface area contributed by atoms with Crippen molar-refractivity contribution in [1.29, 1.82) is 0 Å². The number of para-hydroxylation sites is 1. The van der Waals surface area contributed by atoms with Gasteiger partial charge in [0, 0.05) is 6.54 Å². The summed E-state index contributed by atoms with van der Waals surface area (Å²) in [4.78, 5) is 14.5. The lowest BCUT2D eigenvalue weighted by atomic mass is 10.1. The van der Waals surface area contributed by atoms with E-state index in [1.54, 1.807) is 18.2 Å². The molecule has 0 saturated carbocycles. The summed E-state index contributed by atoms with van der Waals surface area (Å²) in [6.07, 6.45) is 0.930. The fraction of sp³-hybridized carbons (Fsp3) is 0.562. The van der Waals surface area contributed by atoms with Crippen LogP contribution in [0.25, 0.3) is 0 Å². The number of nitrogens with zero attached hydrogens (tertiary/aromatic N) is 1. The van der Waals surface area contributed by atoms with E-state index in [-0.39, 0.29) is 5.91 Å². The summed E-state index contributed by atoms with van der Waals surface area (Å²) in [5.74, 6) is 0.339. The maximum atomic E-state index is 12.2. The molecule has 0 aromatic heterocycles. The highest BCUT2D eigenvalue weighted by molar-refractivity contribution is 5.98. The molecule has 0 aliphatic heterocycles. The van der Waals surface area contributed by atoms with E-state index in [1.807, 2.05) is 6.92 Å². The lowest BCUT2D eigenvalue weighted by Crippen LogP contribution is -2.30. The first-order valence-corrected chi connectivity index (χ1v) is 7.65. The average Bonchev–Trinajstić information content (AvgIpc) is 2.49. The SMILES string of the molecule is CCOc1c(N)cccc1C(=O)NCCCN(CC)CC. The van der Waals surface area contributed by atoms with E-state index in [0.717, 1.165) is 26.1 Å². The molecule has 0 spiro atoms. The van der Waals surface area contributed by atoms with Gasteiger partial charge in [0.05, 0.1) is 17.9 Å². The number of hydrogen-bond acceptors (Lipinski definition) is 4. The van der Waals surface area contributed by atoms with Crippen molar-refractivity contribution in [2.24, 2.45) is 0 Å². The summed E-state index contributed by atoms with van der Waals surface area (Å²) in [6, 6.07) is 5.24. The Morgan fingerprint density at radius 1 is 1.29 bits per heavy atom. The molecule has 1 amide bonds. The molecule has 0 aliphatic carbocycles. The van der Waals surface area contributed by atoms with E-state index in [4.69, 9.17) is 10.5 Å². The monoisotopic (exact) mass is 293 g/mol. The number of benzene rings is 1. The summed E-state index contributed by atoms with van der Waals surface area (Å²) in [7, 11) is 0. The molecule has 1 rings (SSSR count). The normalized spacial score (nSPS) is 10.7. The maximum absolute atomic E-state index is 12.2. The second kappa shape index (κ2) is 9.23. The first-order chi connectivity index (χ1) is 10.1. The molecule has 21 heavy (non-hydrogen) atoms. The summed E-state index contributed by atoms with van der Waals surface area (Å²) in [5.41, 5.74) is 6.86. The predicted octanol–water partition coefficient (Wildman–Crippen LogP) is 2.13. The summed E-state index contributed by atoms with van der Waals surface area (Å²) in [5, 5.41) is 2.93. The lowest BCUT2D eigenvalue weighted by Gasteiger charge is -2.18. The first kappa shape index (κ1) is 17.3. The van der Waals surface area contributed by atoms with Gasteiger partial charge in [0.1, 0.15) is 0 Å². The van der Waals surface area contributed by atoms with Crippen LogP contribution in [0.15, 0.2) is 18.2 Å². The molecule has 1 aromatic rings. The Balaban J connectivity index is 2.54. The zero-order valence-corrected chi connectivity index (χ0v) is 13.3. The molecule has 0 radical (unpaired) electrons. The van der Waals surface area contributed by atoms with Crippen molar-refractivity contribution in [2.45, 2.75) is 27.2 Å². The van der Waals surface area contributed by atoms with E-state index < -0.39 is 0 Å². The molecule has 0 bridgehead atoms. The topological polar surface area (TPSA) is 67.6 Å². The van der Waals surface area contributed by atoms with Crippen LogP contribution in [0.3, 0.4) is 0 Å². The third-order valence-electron chi connectivity index (χ3n) is 3.41. The van der Waals surface area contributed by atoms with Crippen LogP contribution < -0.4 is 15.8 Å². The fourth-order valence-electron chi connectivity index (χ4n) is 2.18. The van der Waals surface area contributed by atoms with Crippen molar-refractivity contribution in [3.05, 3.63) is 23.8 Å². The van der Waals surface area contributed by atoms with Gasteiger partial charge in [-0.25, -0.2) is 0 Å². The van der Waals surface area contributed by atoms with Gasteiger partial charge in [-0.15, -0.1) is 0 Å². The Morgan fingerprint density at radius 2 is 2.00 bits per heavy atom. The lowest BCUT2D eigenvalue weighted by molar-refractivity contribution is 0.0948. The Kier molecular flexibility index (Phi) is 7.61. The molecule has 3 N–H and O–H groups in total. The second-order valence-electron chi connectivity index (χ2n) is 4.79. The van der Waals surface area contributed by atoms with E-state index in [2.05, 4.69) is 24.1 Å². The largest absolute Gasteiger partial charge is 0.491 e. The Hall–Kier alpha value is -1.75. The van der Waals surface area contributed by atoms with Crippen molar-refractivity contribution in [3.63, 3.8) is 0 Å². The van der Waals surface area contributed by atoms with Crippen LogP contribution in [0.5, 0.6) is 5.75 Å². The number of nitrogen functional groups attached to an aromatic ring is 1.